The van der Waals surface area contributed by atoms with Crippen molar-refractivity contribution < 1.29 is 12.8 Å². The van der Waals surface area contributed by atoms with E-state index in [9.17, 15) is 12.8 Å². The molecule has 2 aromatic carbocycles. The highest BCUT2D eigenvalue weighted by Gasteiger charge is 2.15. The van der Waals surface area contributed by atoms with Crippen molar-refractivity contribution in [3.05, 3.63) is 65.1 Å². The van der Waals surface area contributed by atoms with Crippen molar-refractivity contribution in [3.8, 4) is 0 Å². The molecule has 0 aliphatic carbocycles. The SMILES string of the molecule is Cc1[nH]c2ccc(F)cc2c1CCNS(=O)(=O)c1ccc(C(C)C)cc1. The van der Waals surface area contributed by atoms with Crippen LogP contribution in [0.1, 0.15) is 36.6 Å². The number of aromatic nitrogens is 1. The van der Waals surface area contributed by atoms with Gasteiger partial charge in [-0.2, -0.15) is 0 Å². The molecule has 0 atom stereocenters. The van der Waals surface area contributed by atoms with Gasteiger partial charge in [0.1, 0.15) is 5.82 Å². The normalized spacial score (nSPS) is 12.2. The fourth-order valence-corrected chi connectivity index (χ4v) is 4.13. The van der Waals surface area contributed by atoms with Crippen molar-refractivity contribution >= 4 is 20.9 Å². The van der Waals surface area contributed by atoms with Gasteiger partial charge >= 0.3 is 0 Å². The molecular weight excluding hydrogens is 351 g/mol. The molecule has 1 aromatic heterocycles. The van der Waals surface area contributed by atoms with E-state index in [0.717, 1.165) is 27.7 Å². The average Bonchev–Trinajstić information content (AvgIpc) is 2.90. The van der Waals surface area contributed by atoms with E-state index in [2.05, 4.69) is 23.6 Å². The fourth-order valence-electron chi connectivity index (χ4n) is 3.10. The highest BCUT2D eigenvalue weighted by atomic mass is 32.2. The third kappa shape index (κ3) is 3.81. The summed E-state index contributed by atoms with van der Waals surface area (Å²) in [4.78, 5) is 3.46. The Morgan fingerprint density at radius 1 is 1.12 bits per heavy atom. The Morgan fingerprint density at radius 3 is 2.46 bits per heavy atom. The summed E-state index contributed by atoms with van der Waals surface area (Å²) < 4.78 is 41.1. The second-order valence-electron chi connectivity index (χ2n) is 6.79. The molecule has 0 bridgehead atoms. The molecule has 3 rings (SSSR count). The van der Waals surface area contributed by atoms with E-state index in [0.29, 0.717) is 12.3 Å². The Balaban J connectivity index is 1.73. The lowest BCUT2D eigenvalue weighted by molar-refractivity contribution is 0.581. The molecule has 0 radical (unpaired) electrons. The van der Waals surface area contributed by atoms with Crippen molar-refractivity contribution in [2.75, 3.05) is 6.54 Å². The second kappa shape index (κ2) is 7.21. The minimum Gasteiger partial charge on any atom is -0.358 e. The number of hydrogen-bond acceptors (Lipinski definition) is 2. The van der Waals surface area contributed by atoms with E-state index in [1.807, 2.05) is 19.1 Å². The summed E-state index contributed by atoms with van der Waals surface area (Å²) in [6, 6.07) is 11.5. The molecular formula is C20H23FN2O2S. The summed E-state index contributed by atoms with van der Waals surface area (Å²) in [5, 5.41) is 0.794. The molecule has 0 spiro atoms. The van der Waals surface area contributed by atoms with Gasteiger partial charge in [0.2, 0.25) is 10.0 Å². The van der Waals surface area contributed by atoms with Crippen LogP contribution in [0.25, 0.3) is 10.9 Å². The third-order valence-electron chi connectivity index (χ3n) is 4.61. The van der Waals surface area contributed by atoms with E-state index >= 15 is 0 Å². The zero-order chi connectivity index (χ0) is 18.9. The number of fused-ring (bicyclic) bond motifs is 1. The number of halogens is 1. The largest absolute Gasteiger partial charge is 0.358 e. The van der Waals surface area contributed by atoms with E-state index in [1.54, 1.807) is 18.2 Å². The Hall–Kier alpha value is -2.18. The molecule has 0 fully saturated rings. The van der Waals surface area contributed by atoms with Crippen LogP contribution in [-0.4, -0.2) is 19.9 Å². The van der Waals surface area contributed by atoms with Gasteiger partial charge in [0.15, 0.2) is 0 Å². The van der Waals surface area contributed by atoms with Crippen molar-refractivity contribution in [2.45, 2.75) is 38.0 Å². The van der Waals surface area contributed by atoms with E-state index in [4.69, 9.17) is 0 Å². The van der Waals surface area contributed by atoms with Crippen LogP contribution < -0.4 is 4.72 Å². The smallest absolute Gasteiger partial charge is 0.240 e. The Morgan fingerprint density at radius 2 is 1.81 bits per heavy atom. The van der Waals surface area contributed by atoms with Crippen molar-refractivity contribution in [3.63, 3.8) is 0 Å². The number of H-pyrrole nitrogens is 1. The summed E-state index contributed by atoms with van der Waals surface area (Å²) in [6.45, 7) is 6.28. The van der Waals surface area contributed by atoms with Gasteiger partial charge in [-0.25, -0.2) is 17.5 Å². The first kappa shape index (κ1) is 18.6. The summed E-state index contributed by atoms with van der Waals surface area (Å²) in [6.07, 6.45) is 0.485. The summed E-state index contributed by atoms with van der Waals surface area (Å²) in [5.41, 5.74) is 3.80. The standard InChI is InChI=1S/C20H23FN2O2S/c1-13(2)15-4-7-17(8-5-15)26(24,25)22-11-10-18-14(3)23-20-9-6-16(21)12-19(18)20/h4-9,12-13,22-23H,10-11H2,1-3H3. The van der Waals surface area contributed by atoms with Gasteiger partial charge < -0.3 is 4.98 Å². The molecule has 1 heterocycles. The van der Waals surface area contributed by atoms with Gasteiger partial charge in [0, 0.05) is 23.1 Å². The number of benzene rings is 2. The molecule has 0 aliphatic heterocycles. The molecule has 0 saturated heterocycles. The number of nitrogens with one attached hydrogen (secondary N) is 2. The minimum absolute atomic E-state index is 0.249. The maximum Gasteiger partial charge on any atom is 0.240 e. The topological polar surface area (TPSA) is 62.0 Å². The quantitative estimate of drug-likeness (QED) is 0.677. The first-order valence-electron chi connectivity index (χ1n) is 8.64. The van der Waals surface area contributed by atoms with Crippen LogP contribution in [0.2, 0.25) is 0 Å². The summed E-state index contributed by atoms with van der Waals surface area (Å²) in [7, 11) is -3.56. The molecule has 0 unspecified atom stereocenters. The maximum atomic E-state index is 13.5. The van der Waals surface area contributed by atoms with Gasteiger partial charge in [-0.1, -0.05) is 26.0 Å². The first-order chi connectivity index (χ1) is 12.3. The predicted octanol–water partition coefficient (Wildman–Crippen LogP) is 4.26. The molecule has 138 valence electrons. The molecule has 2 N–H and O–H groups in total. The number of hydrogen-bond donors (Lipinski definition) is 2. The van der Waals surface area contributed by atoms with Crippen LogP contribution in [0.5, 0.6) is 0 Å². The van der Waals surface area contributed by atoms with Crippen LogP contribution in [0.15, 0.2) is 47.4 Å². The lowest BCUT2D eigenvalue weighted by atomic mass is 10.0. The van der Waals surface area contributed by atoms with Crippen LogP contribution in [0, 0.1) is 12.7 Å². The van der Waals surface area contributed by atoms with Gasteiger partial charge in [-0.15, -0.1) is 0 Å². The lowest BCUT2D eigenvalue weighted by Gasteiger charge is -2.09. The van der Waals surface area contributed by atoms with Crippen LogP contribution in [-0.2, 0) is 16.4 Å². The first-order valence-corrected chi connectivity index (χ1v) is 10.1. The molecule has 6 heteroatoms. The second-order valence-corrected chi connectivity index (χ2v) is 8.56. The highest BCUT2D eigenvalue weighted by Crippen LogP contribution is 2.23. The zero-order valence-corrected chi connectivity index (χ0v) is 16.0. The number of rotatable bonds is 6. The predicted molar refractivity (Wildman–Crippen MR) is 102 cm³/mol. The summed E-state index contributed by atoms with van der Waals surface area (Å²) >= 11 is 0. The molecule has 0 saturated carbocycles. The van der Waals surface area contributed by atoms with E-state index in [-0.39, 0.29) is 17.3 Å². The van der Waals surface area contributed by atoms with Gasteiger partial charge in [0.05, 0.1) is 4.90 Å². The van der Waals surface area contributed by atoms with Crippen molar-refractivity contribution in [1.82, 2.24) is 9.71 Å². The Labute approximate surface area is 153 Å². The van der Waals surface area contributed by atoms with Crippen molar-refractivity contribution in [2.24, 2.45) is 0 Å². The number of aryl methyl sites for hydroxylation is 1. The number of aromatic amines is 1. The number of sulfonamides is 1. The third-order valence-corrected chi connectivity index (χ3v) is 6.08. The fraction of sp³-hybridized carbons (Fsp3) is 0.300. The van der Waals surface area contributed by atoms with Crippen LogP contribution >= 0.6 is 0 Å². The molecule has 4 nitrogen and oxygen atoms in total. The van der Waals surface area contributed by atoms with Gasteiger partial charge in [-0.3, -0.25) is 0 Å². The van der Waals surface area contributed by atoms with Crippen LogP contribution in [0.4, 0.5) is 4.39 Å². The molecule has 3 aromatic rings. The molecule has 26 heavy (non-hydrogen) atoms. The van der Waals surface area contributed by atoms with Crippen LogP contribution in [0.3, 0.4) is 0 Å². The maximum absolute atomic E-state index is 13.5. The van der Waals surface area contributed by atoms with E-state index < -0.39 is 10.0 Å². The highest BCUT2D eigenvalue weighted by molar-refractivity contribution is 7.89. The van der Waals surface area contributed by atoms with E-state index in [1.165, 1.54) is 12.1 Å². The zero-order valence-electron chi connectivity index (χ0n) is 15.1. The molecule has 0 aliphatic rings. The molecule has 0 amide bonds. The van der Waals surface area contributed by atoms with Gasteiger partial charge in [0.25, 0.3) is 0 Å². The summed E-state index contributed by atoms with van der Waals surface area (Å²) in [5.74, 6) is 0.0496. The van der Waals surface area contributed by atoms with Crippen molar-refractivity contribution in [1.29, 1.82) is 0 Å². The monoisotopic (exact) mass is 374 g/mol. The lowest BCUT2D eigenvalue weighted by Crippen LogP contribution is -2.26. The average molecular weight is 374 g/mol. The van der Waals surface area contributed by atoms with Gasteiger partial charge in [-0.05, 0) is 60.7 Å². The Bertz CT molecular complexity index is 1020. The Kier molecular flexibility index (Phi) is 5.16. The minimum atomic E-state index is -3.56.